The molecule has 1 heterocycles. The molecule has 1 aliphatic heterocycles. The zero-order chi connectivity index (χ0) is 9.30. The molecule has 0 radical (unpaired) electrons. The van der Waals surface area contributed by atoms with Crippen molar-refractivity contribution in [3.8, 4) is 0 Å². The van der Waals surface area contributed by atoms with E-state index in [-0.39, 0.29) is 23.9 Å². The van der Waals surface area contributed by atoms with Crippen molar-refractivity contribution in [3.63, 3.8) is 0 Å². The minimum Gasteiger partial charge on any atom is -0.462 e. The van der Waals surface area contributed by atoms with Crippen LogP contribution in [0.15, 0.2) is 0 Å². The molecule has 0 amide bonds. The second-order valence-corrected chi connectivity index (χ2v) is 3.49. The molecular weight excluding hydrogens is 156 g/mol. The number of hydrogen-bond donors (Lipinski definition) is 1. The van der Waals surface area contributed by atoms with Crippen molar-refractivity contribution in [2.24, 2.45) is 11.8 Å². The molecule has 1 saturated heterocycles. The summed E-state index contributed by atoms with van der Waals surface area (Å²) in [5.41, 5.74) is 0. The van der Waals surface area contributed by atoms with Gasteiger partial charge in [0.15, 0.2) is 0 Å². The van der Waals surface area contributed by atoms with Gasteiger partial charge in [-0.15, -0.1) is 0 Å². The third-order valence-electron chi connectivity index (χ3n) is 2.70. The fraction of sp³-hybridized carbons (Fsp3) is 0.889. The Labute approximate surface area is 72.7 Å². The number of hydrogen-bond acceptors (Lipinski definition) is 3. The van der Waals surface area contributed by atoms with Gasteiger partial charge in [-0.1, -0.05) is 6.92 Å². The summed E-state index contributed by atoms with van der Waals surface area (Å²) in [6, 6.07) is 0. The summed E-state index contributed by atoms with van der Waals surface area (Å²) < 4.78 is 5.07. The lowest BCUT2D eigenvalue weighted by Gasteiger charge is -2.35. The zero-order valence-corrected chi connectivity index (χ0v) is 7.78. The fourth-order valence-corrected chi connectivity index (χ4v) is 1.74. The highest BCUT2D eigenvalue weighted by Crippen LogP contribution is 2.28. The van der Waals surface area contributed by atoms with E-state index >= 15 is 0 Å². The standard InChI is InChI=1S/C9H16O3/c1-4-7-6(3)12-9(11)5(2)8(7)10/h5-8,10H,4H2,1-3H3. The average molecular weight is 172 g/mol. The van der Waals surface area contributed by atoms with Crippen LogP contribution in [0.4, 0.5) is 0 Å². The predicted octanol–water partition coefficient (Wildman–Crippen LogP) is 0.955. The molecule has 0 aliphatic carbocycles. The second-order valence-electron chi connectivity index (χ2n) is 3.49. The van der Waals surface area contributed by atoms with Crippen LogP contribution in [0.3, 0.4) is 0 Å². The number of esters is 1. The first kappa shape index (κ1) is 9.52. The van der Waals surface area contributed by atoms with Crippen molar-refractivity contribution in [2.75, 3.05) is 0 Å². The number of rotatable bonds is 1. The summed E-state index contributed by atoms with van der Waals surface area (Å²) in [6.07, 6.45) is 0.167. The topological polar surface area (TPSA) is 46.5 Å². The highest BCUT2D eigenvalue weighted by atomic mass is 16.5. The molecule has 0 saturated carbocycles. The molecule has 0 aromatic rings. The van der Waals surface area contributed by atoms with Gasteiger partial charge in [-0.2, -0.15) is 0 Å². The molecule has 0 bridgehead atoms. The maximum atomic E-state index is 11.1. The van der Waals surface area contributed by atoms with E-state index in [9.17, 15) is 9.90 Å². The van der Waals surface area contributed by atoms with Crippen LogP contribution >= 0.6 is 0 Å². The van der Waals surface area contributed by atoms with Crippen molar-refractivity contribution in [1.29, 1.82) is 0 Å². The van der Waals surface area contributed by atoms with Gasteiger partial charge in [0.2, 0.25) is 0 Å². The molecule has 12 heavy (non-hydrogen) atoms. The Morgan fingerprint density at radius 2 is 2.08 bits per heavy atom. The van der Waals surface area contributed by atoms with E-state index in [1.165, 1.54) is 0 Å². The molecule has 1 rings (SSSR count). The lowest BCUT2D eigenvalue weighted by Crippen LogP contribution is -2.46. The van der Waals surface area contributed by atoms with Crippen LogP contribution in [0.5, 0.6) is 0 Å². The quantitative estimate of drug-likeness (QED) is 0.599. The third kappa shape index (κ3) is 1.46. The minimum absolute atomic E-state index is 0.0951. The van der Waals surface area contributed by atoms with Crippen molar-refractivity contribution < 1.29 is 14.6 Å². The molecule has 0 aromatic heterocycles. The SMILES string of the molecule is CCC1C(C)OC(=O)C(C)C1O. The van der Waals surface area contributed by atoms with E-state index in [4.69, 9.17) is 4.74 Å². The molecular formula is C9H16O3. The van der Waals surface area contributed by atoms with Gasteiger partial charge in [0.25, 0.3) is 0 Å². The van der Waals surface area contributed by atoms with Crippen molar-refractivity contribution in [2.45, 2.75) is 39.4 Å². The van der Waals surface area contributed by atoms with Gasteiger partial charge in [-0.05, 0) is 20.3 Å². The minimum atomic E-state index is -0.536. The van der Waals surface area contributed by atoms with Crippen molar-refractivity contribution >= 4 is 5.97 Å². The largest absolute Gasteiger partial charge is 0.462 e. The Hall–Kier alpha value is -0.570. The van der Waals surface area contributed by atoms with Gasteiger partial charge in [-0.25, -0.2) is 0 Å². The van der Waals surface area contributed by atoms with Crippen LogP contribution in [0.1, 0.15) is 27.2 Å². The first-order chi connectivity index (χ1) is 5.57. The molecule has 4 unspecified atom stereocenters. The van der Waals surface area contributed by atoms with Crippen LogP contribution in [-0.2, 0) is 9.53 Å². The summed E-state index contributed by atoms with van der Waals surface area (Å²) in [7, 11) is 0. The van der Waals surface area contributed by atoms with Crippen LogP contribution in [-0.4, -0.2) is 23.3 Å². The number of carbonyl (C=O) groups excluding carboxylic acids is 1. The maximum Gasteiger partial charge on any atom is 0.311 e. The summed E-state index contributed by atoms with van der Waals surface area (Å²) >= 11 is 0. The molecule has 0 spiro atoms. The monoisotopic (exact) mass is 172 g/mol. The van der Waals surface area contributed by atoms with Gasteiger partial charge in [0.1, 0.15) is 6.10 Å². The zero-order valence-electron chi connectivity index (χ0n) is 7.78. The normalized spacial score (nSPS) is 42.5. The van der Waals surface area contributed by atoms with E-state index < -0.39 is 6.10 Å². The lowest BCUT2D eigenvalue weighted by molar-refractivity contribution is -0.176. The van der Waals surface area contributed by atoms with E-state index in [0.717, 1.165) is 6.42 Å². The smallest absolute Gasteiger partial charge is 0.311 e. The molecule has 3 heteroatoms. The molecule has 0 aromatic carbocycles. The van der Waals surface area contributed by atoms with Gasteiger partial charge >= 0.3 is 5.97 Å². The van der Waals surface area contributed by atoms with E-state index in [1.54, 1.807) is 6.92 Å². The van der Waals surface area contributed by atoms with Crippen LogP contribution < -0.4 is 0 Å². The molecule has 1 fully saturated rings. The maximum absolute atomic E-state index is 11.1. The molecule has 3 nitrogen and oxygen atoms in total. The van der Waals surface area contributed by atoms with E-state index in [0.29, 0.717) is 0 Å². The average Bonchev–Trinajstić information content (AvgIpc) is 2.01. The summed E-state index contributed by atoms with van der Waals surface area (Å²) in [6.45, 7) is 5.54. The number of aliphatic hydroxyl groups is 1. The van der Waals surface area contributed by atoms with Crippen LogP contribution in [0.2, 0.25) is 0 Å². The first-order valence-corrected chi connectivity index (χ1v) is 4.46. The predicted molar refractivity (Wildman–Crippen MR) is 44.5 cm³/mol. The lowest BCUT2D eigenvalue weighted by atomic mass is 9.84. The summed E-state index contributed by atoms with van der Waals surface area (Å²) in [5, 5.41) is 9.68. The molecule has 1 N–H and O–H groups in total. The first-order valence-electron chi connectivity index (χ1n) is 4.46. The molecule has 70 valence electrons. The second kappa shape index (κ2) is 3.44. The van der Waals surface area contributed by atoms with Crippen LogP contribution in [0, 0.1) is 11.8 Å². The van der Waals surface area contributed by atoms with E-state index in [2.05, 4.69) is 0 Å². The van der Waals surface area contributed by atoms with Crippen LogP contribution in [0.25, 0.3) is 0 Å². The Bertz CT molecular complexity index is 179. The Morgan fingerprint density at radius 1 is 1.50 bits per heavy atom. The van der Waals surface area contributed by atoms with Gasteiger partial charge in [0.05, 0.1) is 12.0 Å². The molecule has 1 aliphatic rings. The highest BCUT2D eigenvalue weighted by molar-refractivity contribution is 5.73. The fourth-order valence-electron chi connectivity index (χ4n) is 1.74. The van der Waals surface area contributed by atoms with E-state index in [1.807, 2.05) is 13.8 Å². The van der Waals surface area contributed by atoms with Crippen molar-refractivity contribution in [3.05, 3.63) is 0 Å². The van der Waals surface area contributed by atoms with Crippen molar-refractivity contribution in [1.82, 2.24) is 0 Å². The number of cyclic esters (lactones) is 1. The number of carbonyl (C=O) groups is 1. The number of aliphatic hydroxyl groups excluding tert-OH is 1. The summed E-state index contributed by atoms with van der Waals surface area (Å²) in [4.78, 5) is 11.1. The highest BCUT2D eigenvalue weighted by Gasteiger charge is 2.39. The third-order valence-corrected chi connectivity index (χ3v) is 2.70. The Kier molecular flexibility index (Phi) is 2.73. The Morgan fingerprint density at radius 3 is 2.58 bits per heavy atom. The summed E-state index contributed by atoms with van der Waals surface area (Å²) in [5.74, 6) is -0.552. The Balaban J connectivity index is 2.72. The molecule has 4 atom stereocenters. The number of ether oxygens (including phenoxy) is 1. The van der Waals surface area contributed by atoms with Gasteiger partial charge in [0, 0.05) is 5.92 Å². The van der Waals surface area contributed by atoms with Gasteiger partial charge in [-0.3, -0.25) is 4.79 Å². The van der Waals surface area contributed by atoms with Gasteiger partial charge < -0.3 is 9.84 Å².